The summed E-state index contributed by atoms with van der Waals surface area (Å²) in [6.07, 6.45) is -0.387. The normalized spacial score (nSPS) is 12.6. The van der Waals surface area contributed by atoms with Gasteiger partial charge >= 0.3 is 5.97 Å². The highest BCUT2D eigenvalue weighted by Gasteiger charge is 2.37. The van der Waals surface area contributed by atoms with Crippen molar-refractivity contribution >= 4 is 10.5 Å². The van der Waals surface area contributed by atoms with Crippen LogP contribution >= 0.6 is 0 Å². The third kappa shape index (κ3) is 4.07. The molecule has 0 fully saturated rings. The number of hydrogen-bond acceptors (Lipinski definition) is 3. The fourth-order valence-corrected chi connectivity index (χ4v) is 2.11. The van der Waals surface area contributed by atoms with Crippen LogP contribution in [0.15, 0.2) is 18.2 Å². The number of benzene rings is 1. The Balaban J connectivity index is 3.22. The first-order chi connectivity index (χ1) is 8.80. The average molecular weight is 290 g/mol. The lowest BCUT2D eigenvalue weighted by Crippen LogP contribution is -2.40. The molecule has 0 aliphatic rings. The van der Waals surface area contributed by atoms with Gasteiger partial charge in [-0.3, -0.25) is 0 Å². The van der Waals surface area contributed by atoms with E-state index in [2.05, 4.69) is 0 Å². The lowest BCUT2D eigenvalue weighted by Gasteiger charge is -2.36. The van der Waals surface area contributed by atoms with Crippen LogP contribution in [0, 0.1) is 11.6 Å². The molecule has 0 saturated carbocycles. The fourth-order valence-electron chi connectivity index (χ4n) is 1.69. The van der Waals surface area contributed by atoms with Crippen LogP contribution in [0.3, 0.4) is 0 Å². The molecule has 0 aliphatic heterocycles. The summed E-state index contributed by atoms with van der Waals surface area (Å²) in [6, 6.07) is 3.48. The van der Waals surface area contributed by atoms with Crippen molar-refractivity contribution in [1.29, 1.82) is 0 Å². The van der Waals surface area contributed by atoms with Crippen LogP contribution in [-0.2, 0) is 19.9 Å². The van der Waals surface area contributed by atoms with Crippen molar-refractivity contribution in [3.05, 3.63) is 35.4 Å². The van der Waals surface area contributed by atoms with Crippen LogP contribution in [0.4, 0.5) is 8.78 Å². The zero-order valence-electron chi connectivity index (χ0n) is 11.9. The fraction of sp³-hybridized carbons (Fsp3) is 0.538. The molecule has 19 heavy (non-hydrogen) atoms. The number of ether oxygens (including phenoxy) is 2. The summed E-state index contributed by atoms with van der Waals surface area (Å²) in [4.78, 5) is 0. The highest BCUT2D eigenvalue weighted by molar-refractivity contribution is 5.98. The van der Waals surface area contributed by atoms with Crippen LogP contribution in [0.2, 0.25) is 0 Å². The molecular formula is C13H20F2O3Si. The van der Waals surface area contributed by atoms with E-state index >= 15 is 0 Å². The van der Waals surface area contributed by atoms with Gasteiger partial charge in [0, 0.05) is 5.56 Å². The first-order valence-electron chi connectivity index (χ1n) is 6.17. The van der Waals surface area contributed by atoms with Gasteiger partial charge in [0.1, 0.15) is 0 Å². The largest absolute Gasteiger partial charge is 0.376 e. The van der Waals surface area contributed by atoms with E-state index in [1.807, 2.05) is 27.7 Å². The Bertz CT molecular complexity index is 414. The maximum absolute atomic E-state index is 13.4. The molecule has 6 heteroatoms. The van der Waals surface area contributed by atoms with E-state index in [0.29, 0.717) is 16.0 Å². The highest BCUT2D eigenvalue weighted by atomic mass is 28.2. The van der Waals surface area contributed by atoms with Crippen LogP contribution in [-0.4, -0.2) is 22.7 Å². The van der Waals surface area contributed by atoms with Gasteiger partial charge in [-0.25, -0.2) is 8.78 Å². The zero-order valence-corrected chi connectivity index (χ0v) is 13.9. The molecule has 1 aromatic carbocycles. The van der Waals surface area contributed by atoms with Crippen molar-refractivity contribution < 1.29 is 22.7 Å². The minimum absolute atomic E-state index is 0.194. The molecule has 0 atom stereocenters. The number of rotatable bonds is 6. The predicted molar refractivity (Wildman–Crippen MR) is 71.5 cm³/mol. The molecule has 3 nitrogen and oxygen atoms in total. The van der Waals surface area contributed by atoms with E-state index in [4.69, 9.17) is 13.9 Å². The Labute approximate surface area is 115 Å². The molecule has 108 valence electrons. The van der Waals surface area contributed by atoms with Crippen LogP contribution in [0.5, 0.6) is 0 Å². The standard InChI is InChI=1S/C13H20F2O3Si/c1-8(2)16-13(18-19,17-9(3)4)10-5-6-11(14)12(15)7-10/h5-9H,1-4,19H3. The maximum atomic E-state index is 13.4. The topological polar surface area (TPSA) is 27.7 Å². The summed E-state index contributed by atoms with van der Waals surface area (Å²) in [5.41, 5.74) is 0.309. The van der Waals surface area contributed by atoms with Gasteiger partial charge in [-0.05, 0) is 45.9 Å². The van der Waals surface area contributed by atoms with Crippen molar-refractivity contribution in [2.45, 2.75) is 45.9 Å². The molecule has 0 radical (unpaired) electrons. The third-order valence-corrected chi connectivity index (χ3v) is 2.86. The molecule has 0 spiro atoms. The minimum Gasteiger partial charge on any atom is -0.376 e. The monoisotopic (exact) mass is 290 g/mol. The number of halogens is 2. The highest BCUT2D eigenvalue weighted by Crippen LogP contribution is 2.31. The zero-order chi connectivity index (χ0) is 14.6. The Morgan fingerprint density at radius 3 is 1.89 bits per heavy atom. The van der Waals surface area contributed by atoms with Gasteiger partial charge in [0.2, 0.25) is 0 Å². The molecule has 0 heterocycles. The SMILES string of the molecule is CC(C)OC(O[SiH3])(OC(C)C)c1ccc(F)c(F)c1. The molecule has 0 amide bonds. The molecule has 0 saturated heterocycles. The Morgan fingerprint density at radius 2 is 1.53 bits per heavy atom. The Morgan fingerprint density at radius 1 is 1.00 bits per heavy atom. The summed E-state index contributed by atoms with van der Waals surface area (Å²) in [5, 5.41) is 0. The van der Waals surface area contributed by atoms with Crippen molar-refractivity contribution in [2.75, 3.05) is 0 Å². The van der Waals surface area contributed by atoms with Gasteiger partial charge in [-0.1, -0.05) is 0 Å². The lowest BCUT2D eigenvalue weighted by atomic mass is 10.1. The van der Waals surface area contributed by atoms with E-state index in [-0.39, 0.29) is 12.2 Å². The lowest BCUT2D eigenvalue weighted by molar-refractivity contribution is -0.378. The van der Waals surface area contributed by atoms with E-state index < -0.39 is 17.6 Å². The van der Waals surface area contributed by atoms with Crippen molar-refractivity contribution in [3.8, 4) is 0 Å². The first-order valence-corrected chi connectivity index (χ1v) is 6.98. The minimum atomic E-state index is -1.48. The van der Waals surface area contributed by atoms with Crippen LogP contribution < -0.4 is 0 Å². The van der Waals surface area contributed by atoms with Gasteiger partial charge in [-0.15, -0.1) is 0 Å². The molecule has 0 N–H and O–H groups in total. The third-order valence-electron chi connectivity index (χ3n) is 2.32. The first kappa shape index (κ1) is 16.2. The summed E-state index contributed by atoms with van der Waals surface area (Å²) in [5.74, 6) is -3.36. The van der Waals surface area contributed by atoms with Crippen molar-refractivity contribution in [3.63, 3.8) is 0 Å². The molecular weight excluding hydrogens is 270 g/mol. The molecule has 0 aromatic heterocycles. The van der Waals surface area contributed by atoms with Gasteiger partial charge in [0.05, 0.1) is 12.2 Å². The van der Waals surface area contributed by atoms with E-state index in [0.717, 1.165) is 12.1 Å². The van der Waals surface area contributed by atoms with Gasteiger partial charge in [0.15, 0.2) is 22.1 Å². The van der Waals surface area contributed by atoms with Crippen LogP contribution in [0.25, 0.3) is 0 Å². The Kier molecular flexibility index (Phi) is 5.60. The second-order valence-corrected chi connectivity index (χ2v) is 5.13. The number of hydrogen-bond donors (Lipinski definition) is 0. The van der Waals surface area contributed by atoms with E-state index in [1.165, 1.54) is 6.07 Å². The van der Waals surface area contributed by atoms with Crippen molar-refractivity contribution in [1.82, 2.24) is 0 Å². The summed E-state index contributed by atoms with van der Waals surface area (Å²) >= 11 is 0. The quantitative estimate of drug-likeness (QED) is 0.594. The van der Waals surface area contributed by atoms with Gasteiger partial charge < -0.3 is 13.9 Å². The summed E-state index contributed by atoms with van der Waals surface area (Å²) < 4.78 is 43.2. The van der Waals surface area contributed by atoms with Gasteiger partial charge in [0.25, 0.3) is 0 Å². The molecule has 1 rings (SSSR count). The predicted octanol–water partition coefficient (Wildman–Crippen LogP) is 2.22. The van der Waals surface area contributed by atoms with Crippen molar-refractivity contribution in [2.24, 2.45) is 0 Å². The molecule has 0 aliphatic carbocycles. The Hall–Kier alpha value is -0.823. The summed E-state index contributed by atoms with van der Waals surface area (Å²) in [7, 11) is 0.322. The molecule has 1 aromatic rings. The smallest absolute Gasteiger partial charge is 0.302 e. The van der Waals surface area contributed by atoms with Crippen LogP contribution in [0.1, 0.15) is 33.3 Å². The summed E-state index contributed by atoms with van der Waals surface area (Å²) in [6.45, 7) is 7.27. The average Bonchev–Trinajstić information content (AvgIpc) is 2.30. The second kappa shape index (κ2) is 6.56. The van der Waals surface area contributed by atoms with E-state index in [9.17, 15) is 8.78 Å². The van der Waals surface area contributed by atoms with Gasteiger partial charge in [-0.2, -0.15) is 0 Å². The second-order valence-electron chi connectivity index (χ2n) is 4.72. The molecule has 0 bridgehead atoms. The van der Waals surface area contributed by atoms with E-state index in [1.54, 1.807) is 0 Å². The molecule has 0 unspecified atom stereocenters. The maximum Gasteiger partial charge on any atom is 0.302 e.